The van der Waals surface area contributed by atoms with Crippen molar-refractivity contribution in [2.24, 2.45) is 0 Å². The van der Waals surface area contributed by atoms with Crippen molar-refractivity contribution in [1.82, 2.24) is 0 Å². The highest BCUT2D eigenvalue weighted by Crippen LogP contribution is 2.33. The fraction of sp³-hybridized carbons (Fsp3) is 0.350. The molecular formula is C20H20F3NO3. The van der Waals surface area contributed by atoms with Gasteiger partial charge in [-0.15, -0.1) is 0 Å². The van der Waals surface area contributed by atoms with Crippen molar-refractivity contribution in [3.8, 4) is 5.75 Å². The van der Waals surface area contributed by atoms with Gasteiger partial charge < -0.3 is 14.8 Å². The van der Waals surface area contributed by atoms with Gasteiger partial charge in [-0.25, -0.2) is 0 Å². The number of anilines is 1. The van der Waals surface area contributed by atoms with Gasteiger partial charge in [0.2, 0.25) is 0 Å². The minimum absolute atomic E-state index is 0.00689. The van der Waals surface area contributed by atoms with Crippen molar-refractivity contribution < 1.29 is 27.4 Å². The normalized spacial score (nSPS) is 17.0. The van der Waals surface area contributed by atoms with Gasteiger partial charge in [0.1, 0.15) is 12.4 Å². The molecule has 0 bridgehead atoms. The zero-order chi connectivity index (χ0) is 19.4. The number of carbonyl (C=O) groups excluding carboxylic acids is 1. The zero-order valence-corrected chi connectivity index (χ0v) is 14.8. The molecule has 7 heteroatoms. The van der Waals surface area contributed by atoms with Crippen molar-refractivity contribution in [2.75, 3.05) is 18.5 Å². The summed E-state index contributed by atoms with van der Waals surface area (Å²) in [5, 5.41) is 2.52. The van der Waals surface area contributed by atoms with Gasteiger partial charge >= 0.3 is 6.18 Å². The van der Waals surface area contributed by atoms with Gasteiger partial charge in [-0.2, -0.15) is 13.2 Å². The number of carbonyl (C=O) groups is 1. The molecular weight excluding hydrogens is 359 g/mol. The van der Waals surface area contributed by atoms with Crippen LogP contribution in [0.1, 0.15) is 34.3 Å². The molecule has 0 saturated carbocycles. The molecule has 0 radical (unpaired) electrons. The second kappa shape index (κ2) is 8.00. The van der Waals surface area contributed by atoms with Crippen LogP contribution < -0.4 is 10.1 Å². The van der Waals surface area contributed by atoms with Crippen molar-refractivity contribution >= 4 is 11.6 Å². The number of hydrogen-bond acceptors (Lipinski definition) is 3. The molecule has 1 N–H and O–H groups in total. The number of benzene rings is 2. The molecule has 144 valence electrons. The molecule has 4 nitrogen and oxygen atoms in total. The van der Waals surface area contributed by atoms with Gasteiger partial charge in [0.05, 0.1) is 17.2 Å². The van der Waals surface area contributed by atoms with E-state index in [4.69, 9.17) is 9.47 Å². The van der Waals surface area contributed by atoms with E-state index in [2.05, 4.69) is 5.32 Å². The second-order valence-corrected chi connectivity index (χ2v) is 6.42. The molecule has 1 fully saturated rings. The molecule has 0 aliphatic carbocycles. The Morgan fingerprint density at radius 3 is 2.74 bits per heavy atom. The number of amides is 1. The Labute approximate surface area is 155 Å². The summed E-state index contributed by atoms with van der Waals surface area (Å²) in [5.41, 5.74) is -0.347. The largest absolute Gasteiger partial charge is 0.490 e. The lowest BCUT2D eigenvalue weighted by Crippen LogP contribution is -2.19. The highest BCUT2D eigenvalue weighted by atomic mass is 19.4. The van der Waals surface area contributed by atoms with Crippen LogP contribution in [0.25, 0.3) is 0 Å². The Balaban J connectivity index is 1.74. The molecule has 2 aromatic carbocycles. The van der Waals surface area contributed by atoms with E-state index in [-0.39, 0.29) is 22.9 Å². The van der Waals surface area contributed by atoms with E-state index in [1.165, 1.54) is 19.1 Å². The van der Waals surface area contributed by atoms with E-state index in [9.17, 15) is 18.0 Å². The Hall–Kier alpha value is -2.54. The van der Waals surface area contributed by atoms with Crippen LogP contribution in [0.2, 0.25) is 0 Å². The van der Waals surface area contributed by atoms with Crippen LogP contribution in [0.4, 0.5) is 18.9 Å². The van der Waals surface area contributed by atoms with Crippen LogP contribution in [0.15, 0.2) is 42.5 Å². The van der Waals surface area contributed by atoms with Crippen LogP contribution in [-0.2, 0) is 10.9 Å². The first-order valence-corrected chi connectivity index (χ1v) is 8.67. The third-order valence-corrected chi connectivity index (χ3v) is 4.38. The summed E-state index contributed by atoms with van der Waals surface area (Å²) in [6, 6.07) is 10.3. The molecule has 1 amide bonds. The predicted molar refractivity (Wildman–Crippen MR) is 95.0 cm³/mol. The first-order valence-electron chi connectivity index (χ1n) is 8.67. The van der Waals surface area contributed by atoms with Crippen LogP contribution in [0.5, 0.6) is 5.75 Å². The number of halogens is 3. The standard InChI is InChI=1S/C20H20F3NO3/c1-13-8-9-14(11-17(13)20(21,22)23)24-19(25)16-6-2-3-7-18(16)27-12-15-5-4-10-26-15/h2-3,6-9,11,15H,4-5,10,12H2,1H3,(H,24,25). The Morgan fingerprint density at radius 1 is 1.26 bits per heavy atom. The minimum Gasteiger partial charge on any atom is -0.490 e. The monoisotopic (exact) mass is 379 g/mol. The topological polar surface area (TPSA) is 47.6 Å². The van der Waals surface area contributed by atoms with E-state index < -0.39 is 17.6 Å². The lowest BCUT2D eigenvalue weighted by atomic mass is 10.1. The number of alkyl halides is 3. The number of nitrogens with one attached hydrogen (secondary N) is 1. The molecule has 0 spiro atoms. The maximum atomic E-state index is 13.1. The molecule has 0 aromatic heterocycles. The smallest absolute Gasteiger partial charge is 0.416 e. The van der Waals surface area contributed by atoms with Gasteiger partial charge in [-0.05, 0) is 49.6 Å². The van der Waals surface area contributed by atoms with Crippen molar-refractivity contribution in [2.45, 2.75) is 32.0 Å². The maximum Gasteiger partial charge on any atom is 0.416 e. The number of para-hydroxylation sites is 1. The quantitative estimate of drug-likeness (QED) is 0.810. The maximum absolute atomic E-state index is 13.1. The third-order valence-electron chi connectivity index (χ3n) is 4.38. The van der Waals surface area contributed by atoms with E-state index in [1.807, 2.05) is 0 Å². The van der Waals surface area contributed by atoms with E-state index in [0.29, 0.717) is 19.0 Å². The summed E-state index contributed by atoms with van der Waals surface area (Å²) in [7, 11) is 0. The molecule has 1 atom stereocenters. The summed E-state index contributed by atoms with van der Waals surface area (Å²) in [5.74, 6) is -0.163. The first-order chi connectivity index (χ1) is 12.8. The van der Waals surface area contributed by atoms with Crippen LogP contribution in [0, 0.1) is 6.92 Å². The predicted octanol–water partition coefficient (Wildman–Crippen LogP) is 4.82. The first kappa shape index (κ1) is 19.2. The highest BCUT2D eigenvalue weighted by molar-refractivity contribution is 6.06. The van der Waals surface area contributed by atoms with Crippen LogP contribution in [-0.4, -0.2) is 25.2 Å². The van der Waals surface area contributed by atoms with Crippen LogP contribution in [0.3, 0.4) is 0 Å². The van der Waals surface area contributed by atoms with E-state index >= 15 is 0 Å². The second-order valence-electron chi connectivity index (χ2n) is 6.42. The molecule has 1 aliphatic heterocycles. The number of rotatable bonds is 5. The summed E-state index contributed by atoms with van der Waals surface area (Å²) in [4.78, 5) is 12.6. The minimum atomic E-state index is -4.48. The molecule has 2 aromatic rings. The highest BCUT2D eigenvalue weighted by Gasteiger charge is 2.32. The molecule has 3 rings (SSSR count). The van der Waals surface area contributed by atoms with Gasteiger partial charge in [-0.1, -0.05) is 18.2 Å². The summed E-state index contributed by atoms with van der Waals surface area (Å²) in [6.07, 6.45) is -2.61. The fourth-order valence-electron chi connectivity index (χ4n) is 2.94. The molecule has 1 aliphatic rings. The molecule has 1 unspecified atom stereocenters. The van der Waals surface area contributed by atoms with Gasteiger partial charge in [0, 0.05) is 12.3 Å². The number of aryl methyl sites for hydroxylation is 1. The summed E-state index contributed by atoms with van der Waals surface area (Å²) < 4.78 is 50.4. The molecule has 1 saturated heterocycles. The number of ether oxygens (including phenoxy) is 2. The lowest BCUT2D eigenvalue weighted by molar-refractivity contribution is -0.138. The van der Waals surface area contributed by atoms with E-state index in [1.54, 1.807) is 24.3 Å². The van der Waals surface area contributed by atoms with E-state index in [0.717, 1.165) is 18.9 Å². The molecule has 27 heavy (non-hydrogen) atoms. The fourth-order valence-corrected chi connectivity index (χ4v) is 2.94. The van der Waals surface area contributed by atoms with Gasteiger partial charge in [0.15, 0.2) is 0 Å². The summed E-state index contributed by atoms with van der Waals surface area (Å²) >= 11 is 0. The van der Waals surface area contributed by atoms with Gasteiger partial charge in [0.25, 0.3) is 5.91 Å². The molecule has 1 heterocycles. The Morgan fingerprint density at radius 2 is 2.04 bits per heavy atom. The third kappa shape index (κ3) is 4.80. The average molecular weight is 379 g/mol. The van der Waals surface area contributed by atoms with Gasteiger partial charge in [-0.3, -0.25) is 4.79 Å². The Kier molecular flexibility index (Phi) is 5.70. The lowest BCUT2D eigenvalue weighted by Gasteiger charge is -2.15. The van der Waals surface area contributed by atoms with Crippen molar-refractivity contribution in [1.29, 1.82) is 0 Å². The van der Waals surface area contributed by atoms with Crippen LogP contribution >= 0.6 is 0 Å². The SMILES string of the molecule is Cc1ccc(NC(=O)c2ccccc2OCC2CCCO2)cc1C(F)(F)F. The zero-order valence-electron chi connectivity index (χ0n) is 14.8. The van der Waals surface area contributed by atoms with Crippen molar-refractivity contribution in [3.05, 3.63) is 59.2 Å². The Bertz CT molecular complexity index is 814. The van der Waals surface area contributed by atoms with Crippen molar-refractivity contribution in [3.63, 3.8) is 0 Å². The number of hydrogen-bond donors (Lipinski definition) is 1. The average Bonchev–Trinajstić information content (AvgIpc) is 3.14. The summed E-state index contributed by atoms with van der Waals surface area (Å²) in [6.45, 7) is 2.40.